The van der Waals surface area contributed by atoms with Gasteiger partial charge in [0.25, 0.3) is 0 Å². The minimum absolute atomic E-state index is 0. The van der Waals surface area contributed by atoms with E-state index in [1.807, 2.05) is 42.6 Å². The van der Waals surface area contributed by atoms with Crippen LogP contribution in [0.4, 0.5) is 0 Å². The van der Waals surface area contributed by atoms with Gasteiger partial charge in [0.2, 0.25) is 0 Å². The molecular weight excluding hydrogens is 406 g/mol. The van der Waals surface area contributed by atoms with Gasteiger partial charge in [-0.25, -0.2) is 6.61 Å². The van der Waals surface area contributed by atoms with E-state index in [1.165, 1.54) is 6.92 Å². The second-order valence-electron chi connectivity index (χ2n) is 3.32. The average Bonchev–Trinajstić information content (AvgIpc) is 2.41. The summed E-state index contributed by atoms with van der Waals surface area (Å²) in [6, 6.07) is 16.1. The van der Waals surface area contributed by atoms with Crippen molar-refractivity contribution in [3.05, 3.63) is 61.3 Å². The Balaban J connectivity index is 0.000000421. The second kappa shape index (κ2) is 9.54. The van der Waals surface area contributed by atoms with Crippen molar-refractivity contribution in [1.82, 2.24) is 4.98 Å². The van der Waals surface area contributed by atoms with Crippen molar-refractivity contribution in [3.8, 4) is 11.3 Å². The summed E-state index contributed by atoms with van der Waals surface area (Å²) in [4.78, 5) is 13.8. The van der Waals surface area contributed by atoms with Crippen LogP contribution in [0, 0.1) is 6.61 Å². The van der Waals surface area contributed by atoms with Gasteiger partial charge in [0, 0.05) is 37.6 Å². The second-order valence-corrected chi connectivity index (χ2v) is 3.32. The maximum absolute atomic E-state index is 9.51. The molecule has 2 aromatic rings. The third-order valence-corrected chi connectivity index (χ3v) is 1.92. The van der Waals surface area contributed by atoms with E-state index in [2.05, 4.69) is 17.1 Å². The van der Waals surface area contributed by atoms with Gasteiger partial charge in [-0.15, -0.1) is 0 Å². The molecule has 0 aliphatic heterocycles. The van der Waals surface area contributed by atoms with Crippen molar-refractivity contribution in [2.45, 2.75) is 6.92 Å². The minimum atomic E-state index is -0.315. The van der Waals surface area contributed by atoms with Crippen LogP contribution in [0.1, 0.15) is 6.92 Å². The summed E-state index contributed by atoms with van der Waals surface area (Å²) in [7, 11) is 0. The van der Waals surface area contributed by atoms with E-state index >= 15 is 0 Å². The molecule has 0 aliphatic carbocycles. The molecule has 0 spiro atoms. The summed E-state index contributed by atoms with van der Waals surface area (Å²) in [5, 5.41) is 7.67. The molecular formula is C14H14IrNO2-. The number of aromatic nitrogens is 1. The molecule has 4 heteroatoms. The Morgan fingerprint density at radius 2 is 1.67 bits per heavy atom. The summed E-state index contributed by atoms with van der Waals surface area (Å²) in [6.07, 6.45) is 1.81. The third kappa shape index (κ3) is 6.30. The number of aliphatic hydroxyl groups is 1. The van der Waals surface area contributed by atoms with Crippen molar-refractivity contribution in [2.24, 2.45) is 0 Å². The van der Waals surface area contributed by atoms with Crippen LogP contribution >= 0.6 is 0 Å². The number of aliphatic hydroxyl groups excluding tert-OH is 1. The first-order chi connectivity index (χ1) is 8.24. The molecule has 0 bridgehead atoms. The van der Waals surface area contributed by atoms with Crippen LogP contribution in [-0.4, -0.2) is 15.9 Å². The van der Waals surface area contributed by atoms with E-state index in [1.54, 1.807) is 0 Å². The topological polar surface area (TPSA) is 50.2 Å². The van der Waals surface area contributed by atoms with Crippen molar-refractivity contribution in [1.29, 1.82) is 0 Å². The first-order valence-corrected chi connectivity index (χ1v) is 5.18. The smallest absolute Gasteiger partial charge is 0.0701 e. The first kappa shape index (κ1) is 16.5. The number of rotatable bonds is 2. The summed E-state index contributed by atoms with van der Waals surface area (Å²) in [5.41, 5.74) is 2.19. The Morgan fingerprint density at radius 1 is 1.11 bits per heavy atom. The molecule has 3 nitrogen and oxygen atoms in total. The summed E-state index contributed by atoms with van der Waals surface area (Å²) >= 11 is 0. The molecule has 1 aromatic heterocycles. The zero-order valence-electron chi connectivity index (χ0n) is 9.91. The maximum atomic E-state index is 9.51. The number of hydrogen-bond donors (Lipinski definition) is 1. The van der Waals surface area contributed by atoms with Gasteiger partial charge in [-0.1, -0.05) is 36.4 Å². The Labute approximate surface area is 120 Å². The average molecular weight is 420 g/mol. The number of carbonyl (C=O) groups excluding carboxylic acids is 1. The number of carbonyl (C=O) groups is 1. The fraction of sp³-hybridized carbons (Fsp3) is 0.0714. The molecule has 18 heavy (non-hydrogen) atoms. The molecule has 1 heterocycles. The maximum Gasteiger partial charge on any atom is 0.0701 e. The van der Waals surface area contributed by atoms with Crippen LogP contribution in [0.15, 0.2) is 54.7 Å². The van der Waals surface area contributed by atoms with Gasteiger partial charge < -0.3 is 9.90 Å². The third-order valence-electron chi connectivity index (χ3n) is 1.92. The van der Waals surface area contributed by atoms with Crippen LogP contribution < -0.4 is 0 Å². The molecule has 1 N–H and O–H groups in total. The van der Waals surface area contributed by atoms with Gasteiger partial charge in [-0.05, 0) is 19.1 Å². The summed E-state index contributed by atoms with van der Waals surface area (Å²) in [6.45, 7) is 1.81. The molecule has 97 valence electrons. The first-order valence-electron chi connectivity index (χ1n) is 5.18. The number of benzene rings is 1. The molecule has 0 unspecified atom stereocenters. The van der Waals surface area contributed by atoms with Gasteiger partial charge in [0.1, 0.15) is 0 Å². The van der Waals surface area contributed by atoms with E-state index in [0.29, 0.717) is 6.61 Å². The fourth-order valence-corrected chi connectivity index (χ4v) is 1.14. The predicted octanol–water partition coefficient (Wildman–Crippen LogP) is 2.86. The van der Waals surface area contributed by atoms with E-state index in [0.717, 1.165) is 11.3 Å². The summed E-state index contributed by atoms with van der Waals surface area (Å²) in [5.74, 6) is -0.315. The number of pyridine rings is 1. The van der Waals surface area contributed by atoms with Crippen LogP contribution in [0.25, 0.3) is 11.3 Å². The minimum Gasteiger partial charge on any atom is -0.540 e. The molecule has 2 rings (SSSR count). The van der Waals surface area contributed by atoms with Gasteiger partial charge in [-0.3, -0.25) is 4.98 Å². The van der Waals surface area contributed by atoms with Crippen molar-refractivity contribution >= 4 is 5.78 Å². The SMILES string of the molecule is CC(=O)[CH-]O.[Ir].c1ccc(-c2ccccn2)cc1. The van der Waals surface area contributed by atoms with Crippen molar-refractivity contribution in [3.63, 3.8) is 0 Å². The Bertz CT molecular complexity index is 408. The van der Waals surface area contributed by atoms with Crippen LogP contribution in [0.2, 0.25) is 0 Å². The largest absolute Gasteiger partial charge is 0.540 e. The van der Waals surface area contributed by atoms with E-state index < -0.39 is 0 Å². The van der Waals surface area contributed by atoms with Gasteiger partial charge in [-0.2, -0.15) is 0 Å². The monoisotopic (exact) mass is 421 g/mol. The quantitative estimate of drug-likeness (QED) is 0.761. The van der Waals surface area contributed by atoms with Gasteiger partial charge in [0.15, 0.2) is 0 Å². The van der Waals surface area contributed by atoms with Gasteiger partial charge in [0.05, 0.1) is 5.69 Å². The van der Waals surface area contributed by atoms with Crippen molar-refractivity contribution in [2.75, 3.05) is 0 Å². The standard InChI is InChI=1S/C11H9N.C3H5O2.Ir/c1-2-6-10(7-3-1)11-8-4-5-9-12-11;1-3(5)2-4;/h1-9H;2,4H,1H3;/q;-1;. The summed E-state index contributed by atoms with van der Waals surface area (Å²) < 4.78 is 0. The Morgan fingerprint density at radius 3 is 2.11 bits per heavy atom. The van der Waals surface area contributed by atoms with Crippen LogP contribution in [0.5, 0.6) is 0 Å². The molecule has 0 aliphatic rings. The molecule has 0 amide bonds. The predicted molar refractivity (Wildman–Crippen MR) is 66.6 cm³/mol. The number of nitrogens with zero attached hydrogens (tertiary/aromatic N) is 1. The molecule has 0 saturated heterocycles. The molecule has 0 saturated carbocycles. The van der Waals surface area contributed by atoms with E-state index in [9.17, 15) is 4.79 Å². The van der Waals surface area contributed by atoms with E-state index in [4.69, 9.17) is 5.11 Å². The zero-order chi connectivity index (χ0) is 12.5. The molecule has 0 fully saturated rings. The van der Waals surface area contributed by atoms with E-state index in [-0.39, 0.29) is 25.9 Å². The normalized spacial score (nSPS) is 8.33. The van der Waals surface area contributed by atoms with Crippen LogP contribution in [0.3, 0.4) is 0 Å². The Kier molecular flexibility index (Phi) is 8.75. The zero-order valence-corrected chi connectivity index (χ0v) is 12.3. The molecule has 1 aromatic carbocycles. The van der Waals surface area contributed by atoms with Gasteiger partial charge >= 0.3 is 0 Å². The van der Waals surface area contributed by atoms with Crippen LogP contribution in [-0.2, 0) is 24.9 Å². The molecule has 0 atom stereocenters. The number of Topliss-reactive ketones (excluding diaryl/α,β-unsaturated/α-hetero) is 1. The number of hydrogen-bond acceptors (Lipinski definition) is 3. The fourth-order valence-electron chi connectivity index (χ4n) is 1.14. The Hall–Kier alpha value is -1.48. The number of ketones is 1. The molecule has 1 radical (unpaired) electrons. The van der Waals surface area contributed by atoms with Crippen molar-refractivity contribution < 1.29 is 30.0 Å².